The number of nitrogens with zero attached hydrogens (tertiary/aromatic N) is 1. The highest BCUT2D eigenvalue weighted by atomic mass is 16.5. The second kappa shape index (κ2) is 8.67. The van der Waals surface area contributed by atoms with Gasteiger partial charge in [-0.25, -0.2) is 0 Å². The van der Waals surface area contributed by atoms with E-state index < -0.39 is 0 Å². The quantitative estimate of drug-likeness (QED) is 0.621. The molecule has 0 atom stereocenters. The Morgan fingerprint density at radius 3 is 2.63 bits per heavy atom. The highest BCUT2D eigenvalue weighted by Crippen LogP contribution is 2.29. The molecule has 27 heavy (non-hydrogen) atoms. The average Bonchev–Trinajstić information content (AvgIpc) is 2.70. The lowest BCUT2D eigenvalue weighted by Gasteiger charge is -2.07. The molecule has 3 aromatic rings. The lowest BCUT2D eigenvalue weighted by atomic mass is 10.2. The van der Waals surface area contributed by atoms with E-state index in [4.69, 9.17) is 4.74 Å². The SMILES string of the molecule is CCOc1cccc(C=Nc2cccc(NC(=O)c3ccccc3)c2)c1O. The monoisotopic (exact) mass is 360 g/mol. The third kappa shape index (κ3) is 4.73. The van der Waals surface area contributed by atoms with Crippen LogP contribution in [0.25, 0.3) is 0 Å². The molecule has 0 aliphatic rings. The van der Waals surface area contributed by atoms with Gasteiger partial charge in [-0.05, 0) is 49.4 Å². The van der Waals surface area contributed by atoms with Crippen molar-refractivity contribution < 1.29 is 14.6 Å². The van der Waals surface area contributed by atoms with Crippen molar-refractivity contribution in [2.24, 2.45) is 4.99 Å². The smallest absolute Gasteiger partial charge is 0.255 e. The Kier molecular flexibility index (Phi) is 5.84. The third-order valence-electron chi connectivity index (χ3n) is 3.82. The molecule has 0 aliphatic heterocycles. The minimum absolute atomic E-state index is 0.0524. The van der Waals surface area contributed by atoms with Crippen molar-refractivity contribution in [2.75, 3.05) is 11.9 Å². The van der Waals surface area contributed by atoms with Gasteiger partial charge in [-0.15, -0.1) is 0 Å². The number of phenols is 1. The van der Waals surface area contributed by atoms with E-state index in [-0.39, 0.29) is 11.7 Å². The van der Waals surface area contributed by atoms with Gasteiger partial charge in [-0.1, -0.05) is 30.3 Å². The lowest BCUT2D eigenvalue weighted by molar-refractivity contribution is 0.102. The van der Waals surface area contributed by atoms with Crippen LogP contribution in [-0.4, -0.2) is 23.8 Å². The van der Waals surface area contributed by atoms with Crippen molar-refractivity contribution in [3.05, 3.63) is 83.9 Å². The summed E-state index contributed by atoms with van der Waals surface area (Å²) in [6, 6.07) is 21.5. The van der Waals surface area contributed by atoms with Crippen LogP contribution in [-0.2, 0) is 0 Å². The van der Waals surface area contributed by atoms with Crippen molar-refractivity contribution in [2.45, 2.75) is 6.92 Å². The van der Waals surface area contributed by atoms with Crippen LogP contribution in [0.15, 0.2) is 77.8 Å². The summed E-state index contributed by atoms with van der Waals surface area (Å²) in [6.07, 6.45) is 1.57. The Balaban J connectivity index is 1.75. The number of phenolic OH excluding ortho intramolecular Hbond substituents is 1. The summed E-state index contributed by atoms with van der Waals surface area (Å²) >= 11 is 0. The van der Waals surface area contributed by atoms with Crippen molar-refractivity contribution in [3.8, 4) is 11.5 Å². The summed E-state index contributed by atoms with van der Waals surface area (Å²) in [5.41, 5.74) is 2.44. The van der Waals surface area contributed by atoms with Crippen LogP contribution in [0.4, 0.5) is 11.4 Å². The Morgan fingerprint density at radius 1 is 1.07 bits per heavy atom. The fraction of sp³-hybridized carbons (Fsp3) is 0.0909. The number of amides is 1. The summed E-state index contributed by atoms with van der Waals surface area (Å²) in [7, 11) is 0. The van der Waals surface area contributed by atoms with Crippen LogP contribution in [0.1, 0.15) is 22.8 Å². The number of carbonyl (C=O) groups excluding carboxylic acids is 1. The number of anilines is 1. The van der Waals surface area contributed by atoms with Crippen molar-refractivity contribution in [1.82, 2.24) is 0 Å². The zero-order valence-electron chi connectivity index (χ0n) is 14.9. The molecule has 3 aromatic carbocycles. The van der Waals surface area contributed by atoms with E-state index in [1.807, 2.05) is 37.3 Å². The average molecular weight is 360 g/mol. The Hall–Kier alpha value is -3.60. The number of hydrogen-bond acceptors (Lipinski definition) is 4. The molecule has 136 valence electrons. The predicted molar refractivity (Wildman–Crippen MR) is 107 cm³/mol. The van der Waals surface area contributed by atoms with Gasteiger partial charge < -0.3 is 15.2 Å². The minimum atomic E-state index is -0.182. The molecule has 0 saturated carbocycles. The van der Waals surface area contributed by atoms with Crippen LogP contribution in [0, 0.1) is 0 Å². The van der Waals surface area contributed by atoms with Gasteiger partial charge in [0.1, 0.15) is 0 Å². The fourth-order valence-corrected chi connectivity index (χ4v) is 2.52. The number of hydrogen-bond donors (Lipinski definition) is 2. The number of benzene rings is 3. The Morgan fingerprint density at radius 2 is 1.85 bits per heavy atom. The summed E-state index contributed by atoms with van der Waals surface area (Å²) in [5.74, 6) is 0.292. The molecular formula is C22H20N2O3. The van der Waals surface area contributed by atoms with E-state index >= 15 is 0 Å². The zero-order valence-corrected chi connectivity index (χ0v) is 14.9. The van der Waals surface area contributed by atoms with Gasteiger partial charge in [0, 0.05) is 23.0 Å². The molecular weight excluding hydrogens is 340 g/mol. The molecule has 1 amide bonds. The van der Waals surface area contributed by atoms with Gasteiger partial charge in [0.15, 0.2) is 11.5 Å². The normalized spacial score (nSPS) is 10.7. The summed E-state index contributed by atoms with van der Waals surface area (Å²) in [6.45, 7) is 2.33. The summed E-state index contributed by atoms with van der Waals surface area (Å²) in [5, 5.41) is 13.1. The highest BCUT2D eigenvalue weighted by Gasteiger charge is 2.07. The summed E-state index contributed by atoms with van der Waals surface area (Å²) in [4.78, 5) is 16.6. The molecule has 0 spiro atoms. The third-order valence-corrected chi connectivity index (χ3v) is 3.82. The van der Waals surface area contributed by atoms with Gasteiger partial charge in [0.2, 0.25) is 0 Å². The number of aromatic hydroxyl groups is 1. The first-order valence-electron chi connectivity index (χ1n) is 8.62. The number of aliphatic imine (C=N–C) groups is 1. The van der Waals surface area contributed by atoms with E-state index in [0.29, 0.717) is 34.9 Å². The van der Waals surface area contributed by atoms with Gasteiger partial charge in [0.25, 0.3) is 5.91 Å². The molecule has 5 heteroatoms. The standard InChI is InChI=1S/C22H20N2O3/c1-2-27-20-13-6-10-17(21(20)25)15-23-18-11-7-12-19(14-18)24-22(26)16-8-4-3-5-9-16/h3-15,25H,2H2,1H3,(H,24,26). The number of nitrogens with one attached hydrogen (secondary N) is 1. The minimum Gasteiger partial charge on any atom is -0.504 e. The number of carbonyl (C=O) groups is 1. The molecule has 5 nitrogen and oxygen atoms in total. The van der Waals surface area contributed by atoms with Gasteiger partial charge in [0.05, 0.1) is 12.3 Å². The van der Waals surface area contributed by atoms with E-state index in [1.165, 1.54) is 0 Å². The van der Waals surface area contributed by atoms with Gasteiger partial charge in [-0.2, -0.15) is 0 Å². The molecule has 0 bridgehead atoms. The van der Waals surface area contributed by atoms with Gasteiger partial charge in [-0.3, -0.25) is 9.79 Å². The Bertz CT molecular complexity index is 953. The number of rotatable bonds is 6. The first-order chi connectivity index (χ1) is 13.2. The van der Waals surface area contributed by atoms with Crippen LogP contribution < -0.4 is 10.1 Å². The number of ether oxygens (including phenoxy) is 1. The molecule has 0 heterocycles. The molecule has 0 aliphatic carbocycles. The maximum atomic E-state index is 12.3. The van der Waals surface area contributed by atoms with Crippen LogP contribution in [0.5, 0.6) is 11.5 Å². The van der Waals surface area contributed by atoms with Gasteiger partial charge >= 0.3 is 0 Å². The fourth-order valence-electron chi connectivity index (χ4n) is 2.52. The molecule has 2 N–H and O–H groups in total. The first-order valence-corrected chi connectivity index (χ1v) is 8.62. The maximum absolute atomic E-state index is 12.3. The second-order valence-corrected chi connectivity index (χ2v) is 5.76. The van der Waals surface area contributed by atoms with E-state index in [9.17, 15) is 9.90 Å². The second-order valence-electron chi connectivity index (χ2n) is 5.76. The van der Waals surface area contributed by atoms with Crippen molar-refractivity contribution in [3.63, 3.8) is 0 Å². The molecule has 0 unspecified atom stereocenters. The highest BCUT2D eigenvalue weighted by molar-refractivity contribution is 6.04. The Labute approximate surface area is 158 Å². The molecule has 0 radical (unpaired) electrons. The van der Waals surface area contributed by atoms with E-state index in [0.717, 1.165) is 0 Å². The van der Waals surface area contributed by atoms with E-state index in [1.54, 1.807) is 48.7 Å². The van der Waals surface area contributed by atoms with Crippen molar-refractivity contribution in [1.29, 1.82) is 0 Å². The molecule has 0 saturated heterocycles. The summed E-state index contributed by atoms with van der Waals surface area (Å²) < 4.78 is 5.38. The largest absolute Gasteiger partial charge is 0.504 e. The zero-order chi connectivity index (χ0) is 19.1. The molecule has 0 fully saturated rings. The molecule has 0 aromatic heterocycles. The van der Waals surface area contributed by atoms with E-state index in [2.05, 4.69) is 10.3 Å². The lowest BCUT2D eigenvalue weighted by Crippen LogP contribution is -2.11. The van der Waals surface area contributed by atoms with Crippen molar-refractivity contribution >= 4 is 23.5 Å². The topological polar surface area (TPSA) is 70.9 Å². The number of para-hydroxylation sites is 1. The first kappa shape index (κ1) is 18.2. The molecule has 3 rings (SSSR count). The van der Waals surface area contributed by atoms with Crippen LogP contribution in [0.2, 0.25) is 0 Å². The predicted octanol–water partition coefficient (Wildman–Crippen LogP) is 4.79. The van der Waals surface area contributed by atoms with Crippen LogP contribution >= 0.6 is 0 Å². The van der Waals surface area contributed by atoms with Crippen LogP contribution in [0.3, 0.4) is 0 Å². The maximum Gasteiger partial charge on any atom is 0.255 e.